The van der Waals surface area contributed by atoms with Crippen molar-refractivity contribution in [3.63, 3.8) is 0 Å². The predicted octanol–water partition coefficient (Wildman–Crippen LogP) is 2.22. The zero-order valence-corrected chi connectivity index (χ0v) is 11.9. The number of hydrogen-bond donors (Lipinski definition) is 2. The Labute approximate surface area is 113 Å². The van der Waals surface area contributed by atoms with Crippen molar-refractivity contribution in [3.05, 3.63) is 21.9 Å². The van der Waals surface area contributed by atoms with Gasteiger partial charge in [0.25, 0.3) is 5.91 Å². The Morgan fingerprint density at radius 2 is 2.17 bits per heavy atom. The lowest BCUT2D eigenvalue weighted by molar-refractivity contribution is 0.0940. The first-order chi connectivity index (χ1) is 8.52. The summed E-state index contributed by atoms with van der Waals surface area (Å²) in [6.45, 7) is 6.66. The van der Waals surface area contributed by atoms with Gasteiger partial charge in [0.15, 0.2) is 0 Å². The predicted molar refractivity (Wildman–Crippen MR) is 76.6 cm³/mol. The number of hydrogen-bond acceptors (Lipinski definition) is 3. The third kappa shape index (κ3) is 4.91. The maximum atomic E-state index is 12.0. The molecule has 1 amide bonds. The van der Waals surface area contributed by atoms with E-state index in [1.165, 1.54) is 11.3 Å². The van der Waals surface area contributed by atoms with E-state index in [0.717, 1.165) is 11.3 Å². The van der Waals surface area contributed by atoms with Gasteiger partial charge < -0.3 is 11.1 Å². The lowest BCUT2D eigenvalue weighted by Crippen LogP contribution is -2.32. The first-order valence-corrected chi connectivity index (χ1v) is 6.94. The Hall–Kier alpha value is -1.31. The summed E-state index contributed by atoms with van der Waals surface area (Å²) in [7, 11) is 0. The number of carbonyl (C=O) groups excluding carboxylic acids is 1. The molecule has 18 heavy (non-hydrogen) atoms. The molecule has 1 aromatic rings. The normalized spacial score (nSPS) is 11.8. The van der Waals surface area contributed by atoms with Crippen LogP contribution in [0.3, 0.4) is 0 Å². The van der Waals surface area contributed by atoms with Gasteiger partial charge in [0.2, 0.25) is 0 Å². The molecule has 0 saturated heterocycles. The Balaban J connectivity index is 2.59. The van der Waals surface area contributed by atoms with Crippen molar-refractivity contribution in [2.75, 3.05) is 6.54 Å². The number of rotatable bonds is 4. The summed E-state index contributed by atoms with van der Waals surface area (Å²) in [6.07, 6.45) is 0.983. The van der Waals surface area contributed by atoms with Crippen LogP contribution >= 0.6 is 11.3 Å². The average molecular weight is 264 g/mol. The van der Waals surface area contributed by atoms with Crippen molar-refractivity contribution in [2.45, 2.75) is 33.2 Å². The molecule has 4 heteroatoms. The zero-order chi connectivity index (χ0) is 13.5. The van der Waals surface area contributed by atoms with Crippen molar-refractivity contribution in [1.29, 1.82) is 0 Å². The van der Waals surface area contributed by atoms with Crippen LogP contribution in [-0.4, -0.2) is 18.5 Å². The smallest absolute Gasteiger partial charge is 0.261 e. The first kappa shape index (κ1) is 14.7. The highest BCUT2D eigenvalue weighted by molar-refractivity contribution is 7.14. The van der Waals surface area contributed by atoms with E-state index < -0.39 is 0 Å². The van der Waals surface area contributed by atoms with Gasteiger partial charge in [-0.15, -0.1) is 11.3 Å². The van der Waals surface area contributed by atoms with Crippen LogP contribution in [0, 0.1) is 17.8 Å². The molecule has 0 aliphatic carbocycles. The van der Waals surface area contributed by atoms with Gasteiger partial charge in [-0.05, 0) is 31.4 Å². The van der Waals surface area contributed by atoms with Crippen molar-refractivity contribution in [1.82, 2.24) is 5.32 Å². The lowest BCUT2D eigenvalue weighted by Gasteiger charge is -2.15. The number of thiophene rings is 1. The van der Waals surface area contributed by atoms with Crippen molar-refractivity contribution in [2.24, 2.45) is 11.7 Å². The summed E-state index contributed by atoms with van der Waals surface area (Å²) < 4.78 is 0. The molecule has 1 heterocycles. The molecule has 1 atom stereocenters. The highest BCUT2D eigenvalue weighted by atomic mass is 32.1. The van der Waals surface area contributed by atoms with Crippen LogP contribution in [0.4, 0.5) is 0 Å². The van der Waals surface area contributed by atoms with Gasteiger partial charge in [-0.1, -0.05) is 25.7 Å². The van der Waals surface area contributed by atoms with Crippen LogP contribution in [0.1, 0.15) is 41.7 Å². The fourth-order valence-electron chi connectivity index (χ4n) is 1.73. The Kier molecular flexibility index (Phi) is 5.90. The molecule has 0 spiro atoms. The third-order valence-electron chi connectivity index (χ3n) is 2.35. The second kappa shape index (κ2) is 7.20. The molecule has 3 nitrogen and oxygen atoms in total. The molecule has 1 rings (SSSR count). The fourth-order valence-corrected chi connectivity index (χ4v) is 2.51. The highest BCUT2D eigenvalue weighted by Crippen LogP contribution is 2.15. The standard InChI is InChI=1S/C14H20N2OS/c1-10(2)9-11(3)16-14(17)13-7-6-12(18-13)5-4-8-15/h6-7,10-11H,8-9,15H2,1-3H3,(H,16,17). The van der Waals surface area contributed by atoms with Crippen LogP contribution < -0.4 is 11.1 Å². The molecule has 0 bridgehead atoms. The molecule has 0 fully saturated rings. The Bertz CT molecular complexity index is 454. The van der Waals surface area contributed by atoms with Gasteiger partial charge in [-0.2, -0.15) is 0 Å². The molecule has 0 aromatic carbocycles. The Morgan fingerprint density at radius 1 is 1.44 bits per heavy atom. The minimum atomic E-state index is -0.0195. The number of nitrogens with one attached hydrogen (secondary N) is 1. The topological polar surface area (TPSA) is 55.1 Å². The first-order valence-electron chi connectivity index (χ1n) is 6.12. The van der Waals surface area contributed by atoms with Crippen LogP contribution in [0.2, 0.25) is 0 Å². The van der Waals surface area contributed by atoms with Crippen molar-refractivity contribution >= 4 is 17.2 Å². The van der Waals surface area contributed by atoms with E-state index in [-0.39, 0.29) is 11.9 Å². The van der Waals surface area contributed by atoms with Crippen LogP contribution in [0.15, 0.2) is 12.1 Å². The van der Waals surface area contributed by atoms with E-state index in [1.54, 1.807) is 0 Å². The molecule has 1 aromatic heterocycles. The van der Waals surface area contributed by atoms with Crippen molar-refractivity contribution in [3.8, 4) is 11.8 Å². The van der Waals surface area contributed by atoms with Gasteiger partial charge in [0.05, 0.1) is 16.3 Å². The van der Waals surface area contributed by atoms with E-state index in [2.05, 4.69) is 31.0 Å². The van der Waals surface area contributed by atoms with Crippen LogP contribution in [0.5, 0.6) is 0 Å². The van der Waals surface area contributed by atoms with Crippen molar-refractivity contribution < 1.29 is 4.79 Å². The summed E-state index contributed by atoms with van der Waals surface area (Å²) >= 11 is 1.40. The molecule has 0 saturated carbocycles. The zero-order valence-electron chi connectivity index (χ0n) is 11.1. The SMILES string of the molecule is CC(C)CC(C)NC(=O)c1ccc(C#CCN)s1. The van der Waals surface area contributed by atoms with Gasteiger partial charge in [0.1, 0.15) is 0 Å². The van der Waals surface area contributed by atoms with Crippen LogP contribution in [-0.2, 0) is 0 Å². The van der Waals surface area contributed by atoms with E-state index in [9.17, 15) is 4.79 Å². The van der Waals surface area contributed by atoms with Gasteiger partial charge in [-0.25, -0.2) is 0 Å². The summed E-state index contributed by atoms with van der Waals surface area (Å²) in [5.41, 5.74) is 5.31. The van der Waals surface area contributed by atoms with Gasteiger partial charge in [-0.3, -0.25) is 4.79 Å². The minimum absolute atomic E-state index is 0.0195. The minimum Gasteiger partial charge on any atom is -0.349 e. The number of carbonyl (C=O) groups is 1. The second-order valence-electron chi connectivity index (χ2n) is 4.67. The number of amides is 1. The van der Waals surface area contributed by atoms with Gasteiger partial charge >= 0.3 is 0 Å². The average Bonchev–Trinajstić information content (AvgIpc) is 2.73. The highest BCUT2D eigenvalue weighted by Gasteiger charge is 2.12. The molecular weight excluding hydrogens is 244 g/mol. The maximum absolute atomic E-state index is 12.0. The van der Waals surface area contributed by atoms with E-state index >= 15 is 0 Å². The Morgan fingerprint density at radius 3 is 2.78 bits per heavy atom. The molecule has 98 valence electrons. The molecule has 0 aliphatic heterocycles. The van der Waals surface area contributed by atoms with E-state index in [4.69, 9.17) is 5.73 Å². The molecule has 3 N–H and O–H groups in total. The fraction of sp³-hybridized carbons (Fsp3) is 0.500. The number of nitrogens with two attached hydrogens (primary N) is 1. The van der Waals surface area contributed by atoms with E-state index in [0.29, 0.717) is 17.3 Å². The monoisotopic (exact) mass is 264 g/mol. The third-order valence-corrected chi connectivity index (χ3v) is 3.35. The molecular formula is C14H20N2OS. The quantitative estimate of drug-likeness (QED) is 0.819. The second-order valence-corrected chi connectivity index (χ2v) is 5.76. The summed E-state index contributed by atoms with van der Waals surface area (Å²) in [4.78, 5) is 13.5. The largest absolute Gasteiger partial charge is 0.349 e. The molecule has 0 radical (unpaired) electrons. The maximum Gasteiger partial charge on any atom is 0.261 e. The van der Waals surface area contributed by atoms with E-state index in [1.807, 2.05) is 19.1 Å². The molecule has 0 aliphatic rings. The van der Waals surface area contributed by atoms with Gasteiger partial charge in [0, 0.05) is 6.04 Å². The lowest BCUT2D eigenvalue weighted by atomic mass is 10.1. The summed E-state index contributed by atoms with van der Waals surface area (Å²) in [5.74, 6) is 6.27. The summed E-state index contributed by atoms with van der Waals surface area (Å²) in [6, 6.07) is 3.86. The van der Waals surface area contributed by atoms with Crippen LogP contribution in [0.25, 0.3) is 0 Å². The molecule has 1 unspecified atom stereocenters. The summed E-state index contributed by atoms with van der Waals surface area (Å²) in [5, 5.41) is 3.00.